The van der Waals surface area contributed by atoms with E-state index in [4.69, 9.17) is 11.6 Å². The quantitative estimate of drug-likeness (QED) is 0.549. The van der Waals surface area contributed by atoms with Crippen molar-refractivity contribution in [3.63, 3.8) is 0 Å². The van der Waals surface area contributed by atoms with Gasteiger partial charge in [-0.2, -0.15) is 5.10 Å². The molecule has 1 N–H and O–H groups in total. The number of hydrogen-bond donors (Lipinski definition) is 1. The van der Waals surface area contributed by atoms with Crippen LogP contribution in [0.25, 0.3) is 21.5 Å². The van der Waals surface area contributed by atoms with Crippen molar-refractivity contribution in [2.75, 3.05) is 5.32 Å². The zero-order valence-electron chi connectivity index (χ0n) is 14.8. The van der Waals surface area contributed by atoms with Gasteiger partial charge < -0.3 is 5.32 Å². The van der Waals surface area contributed by atoms with Gasteiger partial charge >= 0.3 is 0 Å². The summed E-state index contributed by atoms with van der Waals surface area (Å²) in [6.45, 7) is 1.75. The number of carbonyl (C=O) groups excluding carboxylic acids is 1. The van der Waals surface area contributed by atoms with Crippen LogP contribution >= 0.6 is 22.9 Å². The highest BCUT2D eigenvalue weighted by molar-refractivity contribution is 7.18. The van der Waals surface area contributed by atoms with Crippen LogP contribution < -0.4 is 10.9 Å². The van der Waals surface area contributed by atoms with Crippen molar-refractivity contribution in [3.8, 4) is 11.3 Å². The summed E-state index contributed by atoms with van der Waals surface area (Å²) >= 11 is 7.50. The molecule has 2 heterocycles. The molecule has 0 radical (unpaired) electrons. The Morgan fingerprint density at radius 3 is 2.71 bits per heavy atom. The molecular formula is C20H15ClN4O2S. The van der Waals surface area contributed by atoms with Crippen LogP contribution in [0.4, 0.5) is 5.69 Å². The highest BCUT2D eigenvalue weighted by Crippen LogP contribution is 2.24. The lowest BCUT2D eigenvalue weighted by Crippen LogP contribution is -2.29. The fourth-order valence-corrected chi connectivity index (χ4v) is 3.73. The van der Waals surface area contributed by atoms with E-state index in [1.54, 1.807) is 29.5 Å². The summed E-state index contributed by atoms with van der Waals surface area (Å²) in [4.78, 5) is 29.0. The van der Waals surface area contributed by atoms with Gasteiger partial charge in [0.05, 0.1) is 20.9 Å². The Morgan fingerprint density at radius 1 is 1.14 bits per heavy atom. The largest absolute Gasteiger partial charge is 0.324 e. The molecule has 0 saturated carbocycles. The summed E-state index contributed by atoms with van der Waals surface area (Å²) in [5.41, 5.74) is 2.51. The number of rotatable bonds is 4. The first kappa shape index (κ1) is 18.3. The standard InChI is InChI=1S/C20H15ClN4O2S/c1-12-22-17-10-15(6-8-18(17)28-12)23-19(26)11-25-20(27)9-7-16(24-25)13-2-4-14(21)5-3-13/h2-10H,11H2,1H3,(H,23,26). The lowest BCUT2D eigenvalue weighted by atomic mass is 10.1. The molecule has 0 aliphatic rings. The van der Waals surface area contributed by atoms with Gasteiger partial charge in [0.1, 0.15) is 6.54 Å². The van der Waals surface area contributed by atoms with E-state index in [2.05, 4.69) is 15.4 Å². The van der Waals surface area contributed by atoms with E-state index in [9.17, 15) is 9.59 Å². The summed E-state index contributed by atoms with van der Waals surface area (Å²) in [6, 6.07) is 15.7. The van der Waals surface area contributed by atoms with Crippen molar-refractivity contribution >= 4 is 44.7 Å². The number of anilines is 1. The molecule has 0 aliphatic carbocycles. The lowest BCUT2D eigenvalue weighted by Gasteiger charge is -2.08. The maximum absolute atomic E-state index is 12.4. The molecular weight excluding hydrogens is 396 g/mol. The molecule has 0 spiro atoms. The Labute approximate surface area is 169 Å². The topological polar surface area (TPSA) is 76.9 Å². The summed E-state index contributed by atoms with van der Waals surface area (Å²) < 4.78 is 2.20. The molecule has 1 amide bonds. The van der Waals surface area contributed by atoms with Crippen LogP contribution in [0.2, 0.25) is 5.02 Å². The maximum atomic E-state index is 12.4. The van der Waals surface area contributed by atoms with E-state index >= 15 is 0 Å². The van der Waals surface area contributed by atoms with Crippen molar-refractivity contribution in [1.82, 2.24) is 14.8 Å². The summed E-state index contributed by atoms with van der Waals surface area (Å²) in [7, 11) is 0. The van der Waals surface area contributed by atoms with E-state index in [0.717, 1.165) is 25.5 Å². The molecule has 0 bridgehead atoms. The smallest absolute Gasteiger partial charge is 0.267 e. The van der Waals surface area contributed by atoms with E-state index in [0.29, 0.717) is 16.4 Å². The molecule has 2 aromatic carbocycles. The molecule has 0 unspecified atom stereocenters. The zero-order chi connectivity index (χ0) is 19.7. The van der Waals surface area contributed by atoms with Crippen LogP contribution in [0.3, 0.4) is 0 Å². The third kappa shape index (κ3) is 3.95. The second kappa shape index (κ2) is 7.53. The van der Waals surface area contributed by atoms with Gasteiger partial charge in [-0.25, -0.2) is 9.67 Å². The molecule has 4 rings (SSSR count). The van der Waals surface area contributed by atoms with Crippen molar-refractivity contribution in [2.24, 2.45) is 0 Å². The average Bonchev–Trinajstić information content (AvgIpc) is 3.03. The monoisotopic (exact) mass is 410 g/mol. The highest BCUT2D eigenvalue weighted by Gasteiger charge is 2.10. The van der Waals surface area contributed by atoms with E-state index < -0.39 is 0 Å². The van der Waals surface area contributed by atoms with Gasteiger partial charge in [-0.15, -0.1) is 11.3 Å². The number of amides is 1. The van der Waals surface area contributed by atoms with E-state index in [-0.39, 0.29) is 18.0 Å². The molecule has 8 heteroatoms. The van der Waals surface area contributed by atoms with E-state index in [1.165, 1.54) is 6.07 Å². The minimum atomic E-state index is -0.349. The number of aryl methyl sites for hydroxylation is 1. The number of halogens is 1. The molecule has 0 aliphatic heterocycles. The molecule has 0 atom stereocenters. The molecule has 140 valence electrons. The Kier molecular flexibility index (Phi) is 4.93. The molecule has 0 fully saturated rings. The third-order valence-corrected chi connectivity index (χ3v) is 5.28. The Balaban J connectivity index is 1.53. The number of thiazole rings is 1. The normalized spacial score (nSPS) is 10.9. The van der Waals surface area contributed by atoms with Crippen LogP contribution in [0.1, 0.15) is 5.01 Å². The Morgan fingerprint density at radius 2 is 1.93 bits per heavy atom. The summed E-state index contributed by atoms with van der Waals surface area (Å²) in [6.07, 6.45) is 0. The van der Waals surface area contributed by atoms with Gasteiger partial charge in [-0.1, -0.05) is 23.7 Å². The van der Waals surface area contributed by atoms with Gasteiger partial charge in [0, 0.05) is 22.3 Å². The second-order valence-corrected chi connectivity index (χ2v) is 7.86. The van der Waals surface area contributed by atoms with Crippen LogP contribution in [-0.4, -0.2) is 20.7 Å². The molecule has 0 saturated heterocycles. The zero-order valence-corrected chi connectivity index (χ0v) is 16.4. The van der Waals surface area contributed by atoms with Crippen molar-refractivity contribution in [3.05, 3.63) is 75.0 Å². The number of nitrogens with one attached hydrogen (secondary N) is 1. The minimum absolute atomic E-state index is 0.186. The van der Waals surface area contributed by atoms with Crippen LogP contribution in [0.15, 0.2) is 59.4 Å². The first-order valence-electron chi connectivity index (χ1n) is 8.49. The van der Waals surface area contributed by atoms with Gasteiger partial charge in [-0.05, 0) is 43.3 Å². The molecule has 2 aromatic heterocycles. The molecule has 6 nitrogen and oxygen atoms in total. The number of carbonyl (C=O) groups is 1. The second-order valence-electron chi connectivity index (χ2n) is 6.18. The van der Waals surface area contributed by atoms with Crippen molar-refractivity contribution < 1.29 is 4.79 Å². The fourth-order valence-electron chi connectivity index (χ4n) is 2.79. The van der Waals surface area contributed by atoms with Gasteiger partial charge in [0.25, 0.3) is 5.56 Å². The predicted molar refractivity (Wildman–Crippen MR) is 112 cm³/mol. The maximum Gasteiger partial charge on any atom is 0.267 e. The van der Waals surface area contributed by atoms with Gasteiger partial charge in [-0.3, -0.25) is 9.59 Å². The summed E-state index contributed by atoms with van der Waals surface area (Å²) in [5, 5.41) is 8.67. The van der Waals surface area contributed by atoms with Gasteiger partial charge in [0.15, 0.2) is 0 Å². The molecule has 28 heavy (non-hydrogen) atoms. The highest BCUT2D eigenvalue weighted by atomic mass is 35.5. The summed E-state index contributed by atoms with van der Waals surface area (Å²) in [5.74, 6) is -0.339. The number of nitrogens with zero attached hydrogens (tertiary/aromatic N) is 3. The average molecular weight is 411 g/mol. The number of fused-ring (bicyclic) bond motifs is 1. The lowest BCUT2D eigenvalue weighted by molar-refractivity contribution is -0.117. The van der Waals surface area contributed by atoms with E-state index in [1.807, 2.05) is 37.3 Å². The Hall–Kier alpha value is -3.03. The van der Waals surface area contributed by atoms with Crippen molar-refractivity contribution in [2.45, 2.75) is 13.5 Å². The third-order valence-electron chi connectivity index (χ3n) is 4.08. The number of aromatic nitrogens is 3. The SMILES string of the molecule is Cc1nc2cc(NC(=O)Cn3nc(-c4ccc(Cl)cc4)ccc3=O)ccc2s1. The first-order valence-corrected chi connectivity index (χ1v) is 9.68. The number of hydrogen-bond acceptors (Lipinski definition) is 5. The van der Waals surface area contributed by atoms with Crippen LogP contribution in [-0.2, 0) is 11.3 Å². The Bertz CT molecular complexity index is 1230. The van der Waals surface area contributed by atoms with Crippen molar-refractivity contribution in [1.29, 1.82) is 0 Å². The van der Waals surface area contributed by atoms with Gasteiger partial charge in [0.2, 0.25) is 5.91 Å². The minimum Gasteiger partial charge on any atom is -0.324 e. The predicted octanol–water partition coefficient (Wildman–Crippen LogP) is 4.12. The number of benzene rings is 2. The first-order chi connectivity index (χ1) is 13.5. The fraction of sp³-hybridized carbons (Fsp3) is 0.100. The molecule has 4 aromatic rings. The van der Waals surface area contributed by atoms with Crippen LogP contribution in [0.5, 0.6) is 0 Å². The van der Waals surface area contributed by atoms with Crippen LogP contribution in [0, 0.1) is 6.92 Å².